The average molecular weight is 346 g/mol. The quantitative estimate of drug-likeness (QED) is 0.765. The van der Waals surface area contributed by atoms with E-state index < -0.39 is 0 Å². The van der Waals surface area contributed by atoms with Gasteiger partial charge in [-0.1, -0.05) is 42.0 Å². The SMILES string of the molecule is Cc1ccc(NC(=O)N2Cc3ccccc3C(c3cnn(C)c3)C2)cc1. The van der Waals surface area contributed by atoms with Crippen molar-refractivity contribution >= 4 is 11.7 Å². The lowest BCUT2D eigenvalue weighted by molar-refractivity contribution is 0.203. The number of nitrogens with one attached hydrogen (secondary N) is 1. The minimum Gasteiger partial charge on any atom is -0.319 e. The highest BCUT2D eigenvalue weighted by Gasteiger charge is 2.29. The van der Waals surface area contributed by atoms with Crippen molar-refractivity contribution in [2.24, 2.45) is 7.05 Å². The van der Waals surface area contributed by atoms with Gasteiger partial charge in [-0.25, -0.2) is 4.79 Å². The first-order chi connectivity index (χ1) is 12.6. The Balaban J connectivity index is 1.60. The largest absolute Gasteiger partial charge is 0.322 e. The van der Waals surface area contributed by atoms with E-state index in [0.717, 1.165) is 11.3 Å². The minimum atomic E-state index is -0.0720. The lowest BCUT2D eigenvalue weighted by Crippen LogP contribution is -2.41. The summed E-state index contributed by atoms with van der Waals surface area (Å²) in [5.41, 5.74) is 5.59. The van der Waals surface area contributed by atoms with Crippen molar-refractivity contribution in [2.45, 2.75) is 19.4 Å². The van der Waals surface area contributed by atoms with Crippen molar-refractivity contribution in [3.05, 3.63) is 83.2 Å². The van der Waals surface area contributed by atoms with Gasteiger partial charge in [-0.05, 0) is 35.7 Å². The van der Waals surface area contributed by atoms with E-state index in [1.807, 2.05) is 66.3 Å². The molecule has 132 valence electrons. The Hall–Kier alpha value is -3.08. The standard InChI is InChI=1S/C21H22N4O/c1-15-7-9-18(10-8-15)23-21(26)25-13-16-5-3-4-6-19(16)20(14-25)17-11-22-24(2)12-17/h3-12,20H,13-14H2,1-2H3,(H,23,26). The number of fused-ring (bicyclic) bond motifs is 1. The number of aryl methyl sites for hydroxylation is 2. The Morgan fingerprint density at radius 3 is 2.65 bits per heavy atom. The summed E-state index contributed by atoms with van der Waals surface area (Å²) in [5, 5.41) is 7.32. The Morgan fingerprint density at radius 1 is 1.15 bits per heavy atom. The highest BCUT2D eigenvalue weighted by Crippen LogP contribution is 2.33. The second-order valence-electron chi connectivity index (χ2n) is 6.88. The number of hydrogen-bond donors (Lipinski definition) is 1. The molecule has 0 saturated carbocycles. The molecule has 5 nitrogen and oxygen atoms in total. The first-order valence-corrected chi connectivity index (χ1v) is 8.79. The smallest absolute Gasteiger partial charge is 0.319 e. The minimum absolute atomic E-state index is 0.0720. The van der Waals surface area contributed by atoms with Crippen LogP contribution in [0.15, 0.2) is 60.9 Å². The molecule has 3 aromatic rings. The van der Waals surface area contributed by atoms with Gasteiger partial charge in [-0.2, -0.15) is 5.10 Å². The van der Waals surface area contributed by atoms with Crippen LogP contribution in [0.3, 0.4) is 0 Å². The molecule has 1 aliphatic heterocycles. The third-order valence-corrected chi connectivity index (χ3v) is 4.91. The average Bonchev–Trinajstić information content (AvgIpc) is 3.09. The monoisotopic (exact) mass is 346 g/mol. The molecule has 4 rings (SSSR count). The lowest BCUT2D eigenvalue weighted by atomic mass is 9.86. The van der Waals surface area contributed by atoms with Gasteiger partial charge in [0.15, 0.2) is 0 Å². The molecule has 2 heterocycles. The lowest BCUT2D eigenvalue weighted by Gasteiger charge is -2.34. The third-order valence-electron chi connectivity index (χ3n) is 4.91. The molecule has 1 aromatic heterocycles. The molecule has 0 radical (unpaired) electrons. The van der Waals surface area contributed by atoms with E-state index in [1.54, 1.807) is 0 Å². The summed E-state index contributed by atoms with van der Waals surface area (Å²) in [5.74, 6) is 0.136. The number of carbonyl (C=O) groups is 1. The summed E-state index contributed by atoms with van der Waals surface area (Å²) < 4.78 is 1.81. The predicted molar refractivity (Wildman–Crippen MR) is 102 cm³/mol. The normalized spacial score (nSPS) is 16.2. The first kappa shape index (κ1) is 16.4. The van der Waals surface area contributed by atoms with E-state index in [0.29, 0.717) is 13.1 Å². The maximum atomic E-state index is 12.8. The van der Waals surface area contributed by atoms with Gasteiger partial charge in [0.2, 0.25) is 0 Å². The van der Waals surface area contributed by atoms with Crippen LogP contribution in [-0.2, 0) is 13.6 Å². The maximum Gasteiger partial charge on any atom is 0.322 e. The van der Waals surface area contributed by atoms with Gasteiger partial charge in [-0.3, -0.25) is 4.68 Å². The van der Waals surface area contributed by atoms with Crippen molar-refractivity contribution in [1.29, 1.82) is 0 Å². The van der Waals surface area contributed by atoms with E-state index in [9.17, 15) is 4.79 Å². The molecule has 2 aromatic carbocycles. The molecule has 2 amide bonds. The van der Waals surface area contributed by atoms with Gasteiger partial charge in [0.05, 0.1) is 6.20 Å². The molecule has 0 aliphatic carbocycles. The number of nitrogens with zero attached hydrogens (tertiary/aromatic N) is 3. The zero-order chi connectivity index (χ0) is 18.1. The van der Waals surface area contributed by atoms with Crippen molar-refractivity contribution in [3.63, 3.8) is 0 Å². The molecule has 0 spiro atoms. The van der Waals surface area contributed by atoms with Gasteiger partial charge in [0, 0.05) is 37.9 Å². The molecule has 1 atom stereocenters. The van der Waals surface area contributed by atoms with Gasteiger partial charge >= 0.3 is 6.03 Å². The molecule has 0 bridgehead atoms. The van der Waals surface area contributed by atoms with Crippen LogP contribution >= 0.6 is 0 Å². The fourth-order valence-corrected chi connectivity index (χ4v) is 3.51. The molecule has 0 fully saturated rings. The number of amides is 2. The van der Waals surface area contributed by atoms with Crippen molar-refractivity contribution < 1.29 is 4.79 Å². The molecule has 1 unspecified atom stereocenters. The van der Waals surface area contributed by atoms with Crippen LogP contribution in [-0.4, -0.2) is 27.3 Å². The Labute approximate surface area is 153 Å². The fraction of sp³-hybridized carbons (Fsp3) is 0.238. The van der Waals surface area contributed by atoms with Crippen LogP contribution in [0.25, 0.3) is 0 Å². The Kier molecular flexibility index (Phi) is 4.21. The topological polar surface area (TPSA) is 50.2 Å². The molecule has 0 saturated heterocycles. The highest BCUT2D eigenvalue weighted by atomic mass is 16.2. The zero-order valence-electron chi connectivity index (χ0n) is 15.0. The van der Waals surface area contributed by atoms with E-state index >= 15 is 0 Å². The fourth-order valence-electron chi connectivity index (χ4n) is 3.51. The summed E-state index contributed by atoms with van der Waals surface area (Å²) in [6.07, 6.45) is 3.92. The summed E-state index contributed by atoms with van der Waals surface area (Å²) in [4.78, 5) is 14.7. The molecular weight excluding hydrogens is 324 g/mol. The third kappa shape index (κ3) is 3.20. The van der Waals surface area contributed by atoms with E-state index in [1.165, 1.54) is 16.7 Å². The summed E-state index contributed by atoms with van der Waals surface area (Å²) in [6.45, 7) is 3.29. The predicted octanol–water partition coefficient (Wildman–Crippen LogP) is 3.91. The maximum absolute atomic E-state index is 12.8. The van der Waals surface area contributed by atoms with Crippen LogP contribution in [0, 0.1) is 6.92 Å². The van der Waals surface area contributed by atoms with Gasteiger partial charge in [0.1, 0.15) is 0 Å². The number of rotatable bonds is 2. The Bertz CT molecular complexity index is 929. The van der Waals surface area contributed by atoms with E-state index in [2.05, 4.69) is 28.6 Å². The molecular formula is C21H22N4O. The molecule has 5 heteroatoms. The van der Waals surface area contributed by atoms with Gasteiger partial charge in [0.25, 0.3) is 0 Å². The van der Waals surface area contributed by atoms with Crippen molar-refractivity contribution in [1.82, 2.24) is 14.7 Å². The second kappa shape index (κ2) is 6.67. The number of anilines is 1. The summed E-state index contributed by atoms with van der Waals surface area (Å²) >= 11 is 0. The van der Waals surface area contributed by atoms with Gasteiger partial charge < -0.3 is 10.2 Å². The van der Waals surface area contributed by atoms with E-state index in [4.69, 9.17) is 0 Å². The van der Waals surface area contributed by atoms with Crippen LogP contribution < -0.4 is 5.32 Å². The molecule has 26 heavy (non-hydrogen) atoms. The number of benzene rings is 2. The summed E-state index contributed by atoms with van der Waals surface area (Å²) in [7, 11) is 1.92. The number of aromatic nitrogens is 2. The van der Waals surface area contributed by atoms with Crippen LogP contribution in [0.2, 0.25) is 0 Å². The zero-order valence-corrected chi connectivity index (χ0v) is 15.0. The van der Waals surface area contributed by atoms with Crippen LogP contribution in [0.4, 0.5) is 10.5 Å². The number of hydrogen-bond acceptors (Lipinski definition) is 2. The first-order valence-electron chi connectivity index (χ1n) is 8.79. The van der Waals surface area contributed by atoms with Crippen LogP contribution in [0.1, 0.15) is 28.2 Å². The van der Waals surface area contributed by atoms with Gasteiger partial charge in [-0.15, -0.1) is 0 Å². The Morgan fingerprint density at radius 2 is 1.92 bits per heavy atom. The second-order valence-corrected chi connectivity index (χ2v) is 6.88. The molecule has 1 aliphatic rings. The van der Waals surface area contributed by atoms with Crippen LogP contribution in [0.5, 0.6) is 0 Å². The van der Waals surface area contributed by atoms with E-state index in [-0.39, 0.29) is 11.9 Å². The molecule has 1 N–H and O–H groups in total. The summed E-state index contributed by atoms with van der Waals surface area (Å²) in [6, 6.07) is 16.1. The number of urea groups is 1. The van der Waals surface area contributed by atoms with Crippen molar-refractivity contribution in [3.8, 4) is 0 Å². The highest BCUT2D eigenvalue weighted by molar-refractivity contribution is 5.89. The van der Waals surface area contributed by atoms with Crippen molar-refractivity contribution in [2.75, 3.05) is 11.9 Å². The number of carbonyl (C=O) groups excluding carboxylic acids is 1.